The highest BCUT2D eigenvalue weighted by molar-refractivity contribution is 6.01. The Hall–Kier alpha value is -2.35. The van der Waals surface area contributed by atoms with E-state index >= 15 is 0 Å². The van der Waals surface area contributed by atoms with Crippen LogP contribution in [0, 0.1) is 0 Å². The molecule has 0 atom stereocenters. The van der Waals surface area contributed by atoms with Gasteiger partial charge in [-0.3, -0.25) is 4.79 Å². The fraction of sp³-hybridized carbons (Fsp3) is 0.211. The third kappa shape index (κ3) is 2.27. The van der Waals surface area contributed by atoms with Gasteiger partial charge < -0.3 is 4.90 Å². The van der Waals surface area contributed by atoms with E-state index in [0.29, 0.717) is 0 Å². The molecule has 2 aliphatic rings. The molecule has 1 aromatic carbocycles. The highest BCUT2D eigenvalue weighted by Crippen LogP contribution is 2.46. The number of carbonyl (C=O) groups excluding carboxylic acids is 1. The number of fused-ring (bicyclic) bond motifs is 1. The highest BCUT2D eigenvalue weighted by Gasteiger charge is 2.37. The molecule has 0 radical (unpaired) electrons. The van der Waals surface area contributed by atoms with Crippen LogP contribution in [0.15, 0.2) is 72.0 Å². The summed E-state index contributed by atoms with van der Waals surface area (Å²) >= 11 is 0. The lowest BCUT2D eigenvalue weighted by molar-refractivity contribution is -0.110. The SMILES string of the molecule is CN1/C(=C\C=C2C=CC(=O)C=C2)C(C)(C)c2ccccc21. The van der Waals surface area contributed by atoms with E-state index in [1.54, 1.807) is 12.2 Å². The molecule has 0 unspecified atom stereocenters. The first-order chi connectivity index (χ1) is 10.00. The van der Waals surface area contributed by atoms with Crippen LogP contribution >= 0.6 is 0 Å². The molecule has 1 aliphatic heterocycles. The molecule has 0 aromatic heterocycles. The summed E-state index contributed by atoms with van der Waals surface area (Å²) in [5.74, 6) is 0.0468. The van der Waals surface area contributed by atoms with E-state index in [4.69, 9.17) is 0 Å². The molecule has 0 saturated carbocycles. The third-order valence-corrected chi connectivity index (χ3v) is 4.25. The van der Waals surface area contributed by atoms with Crippen LogP contribution in [-0.4, -0.2) is 12.8 Å². The quantitative estimate of drug-likeness (QED) is 0.775. The summed E-state index contributed by atoms with van der Waals surface area (Å²) in [6, 6.07) is 8.52. The van der Waals surface area contributed by atoms with Crippen LogP contribution in [0.1, 0.15) is 19.4 Å². The average molecular weight is 277 g/mol. The molecule has 0 spiro atoms. The van der Waals surface area contributed by atoms with Crippen LogP contribution in [0.5, 0.6) is 0 Å². The summed E-state index contributed by atoms with van der Waals surface area (Å²) in [6.07, 6.45) is 11.1. The molecule has 0 N–H and O–H groups in total. The van der Waals surface area contributed by atoms with Crippen molar-refractivity contribution in [3.8, 4) is 0 Å². The maximum atomic E-state index is 11.1. The number of rotatable bonds is 1. The predicted octanol–water partition coefficient (Wildman–Crippen LogP) is 3.92. The monoisotopic (exact) mass is 277 g/mol. The molecular formula is C19H19NO. The van der Waals surface area contributed by atoms with Crippen LogP contribution < -0.4 is 4.90 Å². The molecule has 3 rings (SSSR count). The van der Waals surface area contributed by atoms with Crippen LogP contribution in [0.25, 0.3) is 0 Å². The van der Waals surface area contributed by atoms with E-state index in [2.05, 4.69) is 62.2 Å². The average Bonchev–Trinajstić information content (AvgIpc) is 2.67. The lowest BCUT2D eigenvalue weighted by Crippen LogP contribution is -2.22. The zero-order chi connectivity index (χ0) is 15.0. The molecule has 21 heavy (non-hydrogen) atoms. The number of ketones is 1. The van der Waals surface area contributed by atoms with Crippen molar-refractivity contribution in [1.29, 1.82) is 0 Å². The molecule has 0 amide bonds. The first-order valence-electron chi connectivity index (χ1n) is 7.16. The minimum atomic E-state index is -0.0136. The molecule has 0 saturated heterocycles. The first kappa shape index (κ1) is 13.6. The number of nitrogens with zero attached hydrogens (tertiary/aromatic N) is 1. The van der Waals surface area contributed by atoms with Crippen molar-refractivity contribution in [2.24, 2.45) is 0 Å². The van der Waals surface area contributed by atoms with Crippen molar-refractivity contribution in [3.05, 3.63) is 77.6 Å². The summed E-state index contributed by atoms with van der Waals surface area (Å²) in [5.41, 5.74) is 4.90. The zero-order valence-corrected chi connectivity index (χ0v) is 12.6. The fourth-order valence-corrected chi connectivity index (χ4v) is 3.06. The van der Waals surface area contributed by atoms with Crippen molar-refractivity contribution in [3.63, 3.8) is 0 Å². The molecule has 106 valence electrons. The first-order valence-corrected chi connectivity index (χ1v) is 7.16. The number of allylic oxidation sites excluding steroid dienone is 8. The Morgan fingerprint density at radius 2 is 1.67 bits per heavy atom. The normalized spacial score (nSPS) is 21.1. The molecule has 2 heteroatoms. The number of para-hydroxylation sites is 1. The smallest absolute Gasteiger partial charge is 0.178 e. The van der Waals surface area contributed by atoms with Crippen molar-refractivity contribution in [2.45, 2.75) is 19.3 Å². The lowest BCUT2D eigenvalue weighted by Gasteiger charge is -2.23. The van der Waals surface area contributed by atoms with Gasteiger partial charge in [-0.1, -0.05) is 50.3 Å². The minimum Gasteiger partial charge on any atom is -0.347 e. The number of hydrogen-bond acceptors (Lipinski definition) is 2. The van der Waals surface area contributed by atoms with Crippen LogP contribution in [0.3, 0.4) is 0 Å². The minimum absolute atomic E-state index is 0.0136. The Morgan fingerprint density at radius 1 is 1.00 bits per heavy atom. The summed E-state index contributed by atoms with van der Waals surface area (Å²) < 4.78 is 0. The summed E-state index contributed by atoms with van der Waals surface area (Å²) in [6.45, 7) is 4.49. The second-order valence-electron chi connectivity index (χ2n) is 5.99. The lowest BCUT2D eigenvalue weighted by atomic mass is 9.83. The second-order valence-corrected chi connectivity index (χ2v) is 5.99. The molecule has 1 heterocycles. The Bertz CT molecular complexity index is 699. The number of benzene rings is 1. The summed E-state index contributed by atoms with van der Waals surface area (Å²) in [4.78, 5) is 13.4. The number of anilines is 1. The topological polar surface area (TPSA) is 20.3 Å². The van der Waals surface area contributed by atoms with Crippen LogP contribution in [0.2, 0.25) is 0 Å². The number of likely N-dealkylation sites (N-methyl/N-ethyl adjacent to an activating group) is 1. The van der Waals surface area contributed by atoms with Gasteiger partial charge in [-0.05, 0) is 35.4 Å². The van der Waals surface area contributed by atoms with E-state index in [1.165, 1.54) is 16.9 Å². The Labute approximate surface area is 125 Å². The second kappa shape index (κ2) is 4.88. The standard InChI is InChI=1S/C19H19NO/c1-19(2)16-6-4-5-7-17(16)20(3)18(19)13-10-14-8-11-15(21)12-9-14/h4-13H,1-3H3/b18-13-. The van der Waals surface area contributed by atoms with Crippen molar-refractivity contribution < 1.29 is 4.79 Å². The zero-order valence-electron chi connectivity index (χ0n) is 12.6. The summed E-state index contributed by atoms with van der Waals surface area (Å²) in [7, 11) is 2.11. The fourth-order valence-electron chi connectivity index (χ4n) is 3.06. The van der Waals surface area contributed by atoms with Crippen molar-refractivity contribution in [1.82, 2.24) is 0 Å². The molecule has 0 fully saturated rings. The molecule has 0 bridgehead atoms. The third-order valence-electron chi connectivity index (χ3n) is 4.25. The molecule has 2 nitrogen and oxygen atoms in total. The highest BCUT2D eigenvalue weighted by atomic mass is 16.1. The van der Waals surface area contributed by atoms with Gasteiger partial charge >= 0.3 is 0 Å². The van der Waals surface area contributed by atoms with Crippen molar-refractivity contribution in [2.75, 3.05) is 11.9 Å². The van der Waals surface area contributed by atoms with E-state index < -0.39 is 0 Å². The van der Waals surface area contributed by atoms with Gasteiger partial charge in [0.05, 0.1) is 0 Å². The molecule has 1 aromatic rings. The van der Waals surface area contributed by atoms with Crippen LogP contribution in [-0.2, 0) is 10.2 Å². The maximum absolute atomic E-state index is 11.1. The Kier molecular flexibility index (Phi) is 3.17. The van der Waals surface area contributed by atoms with Crippen molar-refractivity contribution >= 4 is 11.5 Å². The van der Waals surface area contributed by atoms with Gasteiger partial charge in [0.25, 0.3) is 0 Å². The number of hydrogen-bond donors (Lipinski definition) is 0. The van der Waals surface area contributed by atoms with Crippen LogP contribution in [0.4, 0.5) is 5.69 Å². The van der Waals surface area contributed by atoms with E-state index in [-0.39, 0.29) is 11.2 Å². The van der Waals surface area contributed by atoms with Gasteiger partial charge in [0.15, 0.2) is 5.78 Å². The number of carbonyl (C=O) groups is 1. The van der Waals surface area contributed by atoms with Gasteiger partial charge in [0.1, 0.15) is 0 Å². The van der Waals surface area contributed by atoms with E-state index in [0.717, 1.165) is 5.57 Å². The largest absolute Gasteiger partial charge is 0.347 e. The summed E-state index contributed by atoms with van der Waals surface area (Å²) in [5, 5.41) is 0. The maximum Gasteiger partial charge on any atom is 0.178 e. The Balaban J connectivity index is 1.99. The van der Waals surface area contributed by atoms with Gasteiger partial charge in [-0.2, -0.15) is 0 Å². The van der Waals surface area contributed by atoms with E-state index in [1.807, 2.05) is 12.2 Å². The molecular weight excluding hydrogens is 258 g/mol. The predicted molar refractivity (Wildman–Crippen MR) is 87.3 cm³/mol. The van der Waals surface area contributed by atoms with Gasteiger partial charge in [0, 0.05) is 23.8 Å². The van der Waals surface area contributed by atoms with E-state index in [9.17, 15) is 4.79 Å². The van der Waals surface area contributed by atoms with Gasteiger partial charge in [0.2, 0.25) is 0 Å². The molecule has 1 aliphatic carbocycles. The Morgan fingerprint density at radius 3 is 2.33 bits per heavy atom. The van der Waals surface area contributed by atoms with Gasteiger partial charge in [-0.25, -0.2) is 0 Å². The van der Waals surface area contributed by atoms with Gasteiger partial charge in [-0.15, -0.1) is 0 Å².